The second kappa shape index (κ2) is 4.46. The van der Waals surface area contributed by atoms with Gasteiger partial charge in [-0.15, -0.1) is 0 Å². The number of para-hydroxylation sites is 1. The minimum absolute atomic E-state index is 0.471. The second-order valence-electron chi connectivity index (χ2n) is 2.82. The average Bonchev–Trinajstić information content (AvgIpc) is 2.17. The van der Waals surface area contributed by atoms with Crippen molar-refractivity contribution in [1.82, 2.24) is 0 Å². The number of hydrogen-bond donors (Lipinski definition) is 0. The Hall–Kier alpha value is -1.03. The predicted octanol–water partition coefficient (Wildman–Crippen LogP) is 2.35. The third-order valence-corrected chi connectivity index (χ3v) is 2.09. The molecule has 0 amide bonds. The predicted molar refractivity (Wildman–Crippen MR) is 56.4 cm³/mol. The third-order valence-electron chi connectivity index (χ3n) is 1.60. The zero-order chi connectivity index (χ0) is 10.6. The molecule has 0 saturated carbocycles. The fourth-order valence-electron chi connectivity index (χ4n) is 0.934. The Labute approximate surface area is 91.1 Å². The minimum atomic E-state index is -1.14. The van der Waals surface area contributed by atoms with E-state index in [1.807, 2.05) is 18.2 Å². The highest BCUT2D eigenvalue weighted by molar-refractivity contribution is 9.10. The van der Waals surface area contributed by atoms with Crippen LogP contribution in [0.25, 0.3) is 0 Å². The van der Waals surface area contributed by atoms with Crippen LogP contribution >= 0.6 is 15.9 Å². The molecule has 0 fully saturated rings. The number of rotatable bonds is 3. The molecule has 0 saturated heterocycles. The van der Waals surface area contributed by atoms with Crippen molar-refractivity contribution in [2.75, 3.05) is 7.11 Å². The van der Waals surface area contributed by atoms with E-state index in [0.717, 1.165) is 0 Å². The van der Waals surface area contributed by atoms with Gasteiger partial charge in [-0.1, -0.05) is 18.2 Å². The number of benzene rings is 1. The molecule has 0 aromatic heterocycles. The van der Waals surface area contributed by atoms with Gasteiger partial charge < -0.3 is 9.47 Å². The molecule has 1 aromatic carbocycles. The summed E-state index contributed by atoms with van der Waals surface area (Å²) in [5, 5.41) is 0. The van der Waals surface area contributed by atoms with E-state index in [-0.39, 0.29) is 0 Å². The Morgan fingerprint density at radius 3 is 2.43 bits per heavy atom. The highest BCUT2D eigenvalue weighted by atomic mass is 79.9. The molecule has 1 atom stereocenters. The lowest BCUT2D eigenvalue weighted by molar-refractivity contribution is -0.149. The fraction of sp³-hybridized carbons (Fsp3) is 0.300. The molecule has 1 rings (SSSR count). The summed E-state index contributed by atoms with van der Waals surface area (Å²) in [6.45, 7) is 1.59. The summed E-state index contributed by atoms with van der Waals surface area (Å²) in [6, 6.07) is 9.06. The number of halogens is 1. The average molecular weight is 259 g/mol. The molecule has 0 aliphatic heterocycles. The van der Waals surface area contributed by atoms with Gasteiger partial charge in [-0.2, -0.15) is 0 Å². The van der Waals surface area contributed by atoms with E-state index in [1.54, 1.807) is 19.1 Å². The molecule has 0 aliphatic rings. The number of esters is 1. The van der Waals surface area contributed by atoms with Crippen LogP contribution in [-0.2, 0) is 9.53 Å². The summed E-state index contributed by atoms with van der Waals surface area (Å²) in [4.78, 5) is 11.2. The lowest BCUT2D eigenvalue weighted by Crippen LogP contribution is -2.35. The van der Waals surface area contributed by atoms with Crippen LogP contribution in [0, 0.1) is 0 Å². The molecular weight excluding hydrogens is 248 g/mol. The molecule has 1 unspecified atom stereocenters. The Kier molecular flexibility index (Phi) is 3.52. The quantitative estimate of drug-likeness (QED) is 0.617. The molecular formula is C10H11BrO3. The van der Waals surface area contributed by atoms with Crippen LogP contribution in [0.1, 0.15) is 6.92 Å². The van der Waals surface area contributed by atoms with Crippen LogP contribution in [0.3, 0.4) is 0 Å². The van der Waals surface area contributed by atoms with Gasteiger partial charge in [-0.05, 0) is 35.0 Å². The van der Waals surface area contributed by atoms with Crippen LogP contribution < -0.4 is 4.74 Å². The van der Waals surface area contributed by atoms with Crippen LogP contribution in [0.4, 0.5) is 0 Å². The van der Waals surface area contributed by atoms with Crippen molar-refractivity contribution < 1.29 is 14.3 Å². The maximum Gasteiger partial charge on any atom is 0.361 e. The van der Waals surface area contributed by atoms with Gasteiger partial charge in [0.25, 0.3) is 4.51 Å². The Balaban J connectivity index is 2.73. The zero-order valence-corrected chi connectivity index (χ0v) is 9.58. The van der Waals surface area contributed by atoms with Crippen molar-refractivity contribution in [3.05, 3.63) is 30.3 Å². The Morgan fingerprint density at radius 1 is 1.36 bits per heavy atom. The molecule has 0 N–H and O–H groups in total. The molecule has 76 valence electrons. The maximum absolute atomic E-state index is 11.2. The van der Waals surface area contributed by atoms with Crippen LogP contribution in [0.2, 0.25) is 0 Å². The monoisotopic (exact) mass is 258 g/mol. The second-order valence-corrected chi connectivity index (χ2v) is 4.34. The van der Waals surface area contributed by atoms with Crippen molar-refractivity contribution >= 4 is 21.9 Å². The summed E-state index contributed by atoms with van der Waals surface area (Å²) in [5.41, 5.74) is 0. The standard InChI is InChI=1S/C10H11BrO3/c1-10(11,9(12)13-2)14-8-6-4-3-5-7-8/h3-7H,1-2H3. The first-order chi connectivity index (χ1) is 6.56. The molecule has 1 aromatic rings. The summed E-state index contributed by atoms with van der Waals surface area (Å²) < 4.78 is 8.84. The maximum atomic E-state index is 11.2. The van der Waals surface area contributed by atoms with Crippen molar-refractivity contribution in [2.24, 2.45) is 0 Å². The van der Waals surface area contributed by atoms with Gasteiger partial charge >= 0.3 is 5.97 Å². The number of ether oxygens (including phenoxy) is 2. The van der Waals surface area contributed by atoms with E-state index in [1.165, 1.54) is 7.11 Å². The lowest BCUT2D eigenvalue weighted by Gasteiger charge is -2.21. The van der Waals surface area contributed by atoms with E-state index in [4.69, 9.17) is 4.74 Å². The topological polar surface area (TPSA) is 35.5 Å². The Bertz CT molecular complexity index is 308. The lowest BCUT2D eigenvalue weighted by atomic mass is 10.3. The van der Waals surface area contributed by atoms with Gasteiger partial charge in [0.05, 0.1) is 7.11 Å². The molecule has 0 heterocycles. The van der Waals surface area contributed by atoms with Gasteiger partial charge in [0, 0.05) is 0 Å². The minimum Gasteiger partial charge on any atom is -0.465 e. The summed E-state index contributed by atoms with van der Waals surface area (Å²) >= 11 is 3.15. The van der Waals surface area contributed by atoms with Gasteiger partial charge in [0.15, 0.2) is 0 Å². The largest absolute Gasteiger partial charge is 0.465 e. The van der Waals surface area contributed by atoms with Crippen LogP contribution in [0.15, 0.2) is 30.3 Å². The molecule has 3 nitrogen and oxygen atoms in total. The smallest absolute Gasteiger partial charge is 0.361 e. The summed E-state index contributed by atoms with van der Waals surface area (Å²) in [6.07, 6.45) is 0. The van der Waals surface area contributed by atoms with Crippen LogP contribution in [-0.4, -0.2) is 17.6 Å². The molecule has 0 radical (unpaired) electrons. The van der Waals surface area contributed by atoms with Gasteiger partial charge in [-0.3, -0.25) is 0 Å². The van der Waals surface area contributed by atoms with Crippen LogP contribution in [0.5, 0.6) is 5.75 Å². The number of alkyl halides is 1. The number of carbonyl (C=O) groups excluding carboxylic acids is 1. The first-order valence-electron chi connectivity index (χ1n) is 4.07. The highest BCUT2D eigenvalue weighted by Gasteiger charge is 2.33. The van der Waals surface area contributed by atoms with Crippen molar-refractivity contribution in [2.45, 2.75) is 11.4 Å². The highest BCUT2D eigenvalue weighted by Crippen LogP contribution is 2.24. The van der Waals surface area contributed by atoms with E-state index < -0.39 is 10.5 Å². The number of hydrogen-bond acceptors (Lipinski definition) is 3. The summed E-state index contributed by atoms with van der Waals surface area (Å²) in [5.74, 6) is 0.138. The fourth-order valence-corrected chi connectivity index (χ4v) is 1.28. The number of carbonyl (C=O) groups is 1. The van der Waals surface area contributed by atoms with Gasteiger partial charge in [0.2, 0.25) is 0 Å². The molecule has 0 aliphatic carbocycles. The Morgan fingerprint density at radius 2 is 1.93 bits per heavy atom. The zero-order valence-electron chi connectivity index (χ0n) is 7.99. The molecule has 4 heteroatoms. The van der Waals surface area contributed by atoms with Crippen molar-refractivity contribution in [3.8, 4) is 5.75 Å². The van der Waals surface area contributed by atoms with Crippen molar-refractivity contribution in [1.29, 1.82) is 0 Å². The molecule has 0 bridgehead atoms. The van der Waals surface area contributed by atoms with E-state index in [0.29, 0.717) is 5.75 Å². The number of methoxy groups -OCH3 is 1. The SMILES string of the molecule is COC(=O)C(C)(Br)Oc1ccccc1. The van der Waals surface area contributed by atoms with E-state index in [2.05, 4.69) is 20.7 Å². The molecule has 14 heavy (non-hydrogen) atoms. The van der Waals surface area contributed by atoms with Crippen molar-refractivity contribution in [3.63, 3.8) is 0 Å². The van der Waals surface area contributed by atoms with Gasteiger partial charge in [-0.25, -0.2) is 4.79 Å². The van der Waals surface area contributed by atoms with Gasteiger partial charge in [0.1, 0.15) is 5.75 Å². The van der Waals surface area contributed by atoms with E-state index in [9.17, 15) is 4.79 Å². The molecule has 0 spiro atoms. The third kappa shape index (κ3) is 2.73. The normalized spacial score (nSPS) is 14.2. The summed E-state index contributed by atoms with van der Waals surface area (Å²) in [7, 11) is 1.32. The first kappa shape index (κ1) is 11.0. The van der Waals surface area contributed by atoms with E-state index >= 15 is 0 Å². The first-order valence-corrected chi connectivity index (χ1v) is 4.87.